The second-order valence-corrected chi connectivity index (χ2v) is 10.1. The summed E-state index contributed by atoms with van der Waals surface area (Å²) in [5, 5.41) is 3.01. The summed E-state index contributed by atoms with van der Waals surface area (Å²) in [5.74, 6) is -0.139. The fourth-order valence-corrected chi connectivity index (χ4v) is 5.04. The van der Waals surface area contributed by atoms with Gasteiger partial charge in [-0.05, 0) is 44.0 Å². The van der Waals surface area contributed by atoms with Crippen molar-refractivity contribution in [2.45, 2.75) is 56.1 Å². The van der Waals surface area contributed by atoms with Crippen LogP contribution in [0, 0.1) is 0 Å². The molecule has 1 amide bonds. The third-order valence-corrected chi connectivity index (χ3v) is 7.32. The van der Waals surface area contributed by atoms with E-state index in [-0.39, 0.29) is 39.6 Å². The molecule has 2 aromatic rings. The Balaban J connectivity index is 1.73. The lowest BCUT2D eigenvalue weighted by molar-refractivity contribution is -0.128. The Hall–Kier alpha value is -3.47. The Morgan fingerprint density at radius 1 is 0.944 bits per heavy atom. The highest BCUT2D eigenvalue weighted by molar-refractivity contribution is 7.92. The third kappa shape index (κ3) is 6.60. The van der Waals surface area contributed by atoms with Crippen LogP contribution in [0.1, 0.15) is 49.4 Å². The summed E-state index contributed by atoms with van der Waals surface area (Å²) in [6.45, 7) is 1.65. The van der Waals surface area contributed by atoms with Gasteiger partial charge in [0.25, 0.3) is 15.9 Å². The summed E-state index contributed by atoms with van der Waals surface area (Å²) in [6.07, 6.45) is 4.61. The summed E-state index contributed by atoms with van der Waals surface area (Å²) in [5.41, 5.74) is -0.0793. The van der Waals surface area contributed by atoms with Crippen LogP contribution in [0.5, 0.6) is 17.2 Å². The second-order valence-electron chi connectivity index (χ2n) is 8.42. The number of amides is 1. The molecule has 36 heavy (non-hydrogen) atoms. The summed E-state index contributed by atoms with van der Waals surface area (Å²) in [6, 6.07) is 8.47. The van der Waals surface area contributed by atoms with Gasteiger partial charge in [-0.25, -0.2) is 13.2 Å². The number of benzene rings is 2. The first-order valence-electron chi connectivity index (χ1n) is 11.6. The molecule has 0 saturated heterocycles. The molecular weight excluding hydrogens is 488 g/mol. The molecule has 0 radical (unpaired) electrons. The zero-order chi connectivity index (χ0) is 26.3. The zero-order valence-electron chi connectivity index (χ0n) is 20.8. The van der Waals surface area contributed by atoms with Gasteiger partial charge in [0.15, 0.2) is 17.6 Å². The van der Waals surface area contributed by atoms with Crippen LogP contribution in [-0.4, -0.2) is 53.8 Å². The highest BCUT2D eigenvalue weighted by atomic mass is 32.2. The molecular formula is C25H32N2O8S. The van der Waals surface area contributed by atoms with Crippen LogP contribution in [0.25, 0.3) is 0 Å². The normalized spacial score (nSPS) is 14.9. The molecule has 1 aliphatic carbocycles. The number of hydrogen-bond acceptors (Lipinski definition) is 8. The molecule has 10 nitrogen and oxygen atoms in total. The first-order chi connectivity index (χ1) is 17.2. The van der Waals surface area contributed by atoms with Crippen molar-refractivity contribution in [3.63, 3.8) is 0 Å². The van der Waals surface area contributed by atoms with E-state index in [2.05, 4.69) is 10.0 Å². The van der Waals surface area contributed by atoms with Crippen molar-refractivity contribution in [3.05, 3.63) is 42.0 Å². The first-order valence-corrected chi connectivity index (χ1v) is 13.1. The first kappa shape index (κ1) is 27.1. The van der Waals surface area contributed by atoms with Gasteiger partial charge in [0.05, 0.1) is 37.5 Å². The molecule has 1 saturated carbocycles. The van der Waals surface area contributed by atoms with Crippen molar-refractivity contribution in [1.82, 2.24) is 5.32 Å². The van der Waals surface area contributed by atoms with Gasteiger partial charge < -0.3 is 24.3 Å². The minimum absolute atomic E-state index is 0.0344. The molecule has 0 bridgehead atoms. The Labute approximate surface area is 211 Å². The van der Waals surface area contributed by atoms with E-state index in [9.17, 15) is 18.0 Å². The molecule has 1 atom stereocenters. The Morgan fingerprint density at radius 2 is 1.56 bits per heavy atom. The number of rotatable bonds is 10. The van der Waals surface area contributed by atoms with Crippen molar-refractivity contribution in [1.29, 1.82) is 0 Å². The van der Waals surface area contributed by atoms with Crippen molar-refractivity contribution in [2.24, 2.45) is 0 Å². The average molecular weight is 521 g/mol. The summed E-state index contributed by atoms with van der Waals surface area (Å²) in [7, 11) is -0.117. The van der Waals surface area contributed by atoms with E-state index in [1.807, 2.05) is 0 Å². The highest BCUT2D eigenvalue weighted by Crippen LogP contribution is 2.35. The predicted octanol–water partition coefficient (Wildman–Crippen LogP) is 3.51. The largest absolute Gasteiger partial charge is 0.493 e. The van der Waals surface area contributed by atoms with Gasteiger partial charge in [-0.1, -0.05) is 19.3 Å². The molecule has 1 fully saturated rings. The fraction of sp³-hybridized carbons (Fsp3) is 0.440. The molecule has 2 N–H and O–H groups in total. The van der Waals surface area contributed by atoms with Gasteiger partial charge in [0.2, 0.25) is 0 Å². The monoisotopic (exact) mass is 520 g/mol. The molecule has 0 aromatic heterocycles. The fourth-order valence-electron chi connectivity index (χ4n) is 3.97. The van der Waals surface area contributed by atoms with Crippen LogP contribution in [0.4, 0.5) is 5.69 Å². The maximum atomic E-state index is 13.0. The molecule has 1 aliphatic rings. The van der Waals surface area contributed by atoms with Crippen molar-refractivity contribution in [3.8, 4) is 17.2 Å². The maximum absolute atomic E-state index is 13.0. The van der Waals surface area contributed by atoms with Gasteiger partial charge in [0.1, 0.15) is 5.75 Å². The minimum atomic E-state index is -4.09. The summed E-state index contributed by atoms with van der Waals surface area (Å²) >= 11 is 0. The molecule has 11 heteroatoms. The lowest BCUT2D eigenvalue weighted by Crippen LogP contribution is -2.43. The lowest BCUT2D eigenvalue weighted by Gasteiger charge is -2.24. The number of anilines is 1. The molecule has 196 valence electrons. The highest BCUT2D eigenvalue weighted by Gasteiger charge is 2.24. The summed E-state index contributed by atoms with van der Waals surface area (Å²) in [4.78, 5) is 24.6. The van der Waals surface area contributed by atoms with Gasteiger partial charge >= 0.3 is 5.97 Å². The Kier molecular flexibility index (Phi) is 9.03. The quantitative estimate of drug-likeness (QED) is 0.456. The number of methoxy groups -OCH3 is 3. The van der Waals surface area contributed by atoms with E-state index in [4.69, 9.17) is 18.9 Å². The zero-order valence-corrected chi connectivity index (χ0v) is 21.6. The SMILES string of the molecule is COC(=O)c1cc(OC)c(OC)cc1NS(=O)(=O)c1ccc(O[C@@H](C)C(=O)NC2CCCCC2)cc1. The van der Waals surface area contributed by atoms with E-state index in [1.165, 1.54) is 64.1 Å². The van der Waals surface area contributed by atoms with Crippen molar-refractivity contribution >= 4 is 27.6 Å². The molecule has 0 aliphatic heterocycles. The molecule has 2 aromatic carbocycles. The van der Waals surface area contributed by atoms with Crippen molar-refractivity contribution < 1.29 is 37.0 Å². The number of carbonyl (C=O) groups excluding carboxylic acids is 2. The second kappa shape index (κ2) is 12.0. The minimum Gasteiger partial charge on any atom is -0.493 e. The summed E-state index contributed by atoms with van der Waals surface area (Å²) < 4.78 is 49.4. The standard InChI is InChI=1S/C25H32N2O8S/c1-16(24(28)26-17-8-6-5-7-9-17)35-18-10-12-19(13-11-18)36(30,31)27-21-15-23(33-3)22(32-2)14-20(21)25(29)34-4/h10-17,27H,5-9H2,1-4H3,(H,26,28)/t16-/m0/s1. The molecule has 0 heterocycles. The Bertz CT molecular complexity index is 1180. The average Bonchev–Trinajstić information content (AvgIpc) is 2.88. The van der Waals surface area contributed by atoms with E-state index >= 15 is 0 Å². The maximum Gasteiger partial charge on any atom is 0.340 e. The van der Waals surface area contributed by atoms with Gasteiger partial charge in [0, 0.05) is 18.2 Å². The smallest absolute Gasteiger partial charge is 0.340 e. The number of esters is 1. The van der Waals surface area contributed by atoms with E-state index in [1.54, 1.807) is 6.92 Å². The van der Waals surface area contributed by atoms with Gasteiger partial charge in [-0.2, -0.15) is 0 Å². The lowest BCUT2D eigenvalue weighted by atomic mass is 9.95. The number of hydrogen-bond donors (Lipinski definition) is 2. The van der Waals surface area contributed by atoms with Gasteiger partial charge in [-0.3, -0.25) is 9.52 Å². The third-order valence-electron chi connectivity index (χ3n) is 5.94. The molecule has 3 rings (SSSR count). The predicted molar refractivity (Wildman–Crippen MR) is 133 cm³/mol. The molecule has 0 spiro atoms. The van der Waals surface area contributed by atoms with Crippen LogP contribution < -0.4 is 24.2 Å². The number of nitrogens with one attached hydrogen (secondary N) is 2. The van der Waals surface area contributed by atoms with Crippen LogP contribution >= 0.6 is 0 Å². The van der Waals surface area contributed by atoms with Crippen LogP contribution in [0.2, 0.25) is 0 Å². The Morgan fingerprint density at radius 3 is 2.14 bits per heavy atom. The van der Waals surface area contributed by atoms with Crippen molar-refractivity contribution in [2.75, 3.05) is 26.1 Å². The van der Waals surface area contributed by atoms with Gasteiger partial charge in [-0.15, -0.1) is 0 Å². The van der Waals surface area contributed by atoms with E-state index < -0.39 is 22.1 Å². The topological polar surface area (TPSA) is 129 Å². The van der Waals surface area contributed by atoms with Crippen LogP contribution in [-0.2, 0) is 19.6 Å². The number of sulfonamides is 1. The number of ether oxygens (including phenoxy) is 4. The molecule has 0 unspecified atom stereocenters. The number of carbonyl (C=O) groups is 2. The van der Waals surface area contributed by atoms with E-state index in [0.29, 0.717) is 5.75 Å². The van der Waals surface area contributed by atoms with Crippen LogP contribution in [0.3, 0.4) is 0 Å². The van der Waals surface area contributed by atoms with Crippen LogP contribution in [0.15, 0.2) is 41.3 Å². The van der Waals surface area contributed by atoms with E-state index in [0.717, 1.165) is 25.7 Å².